The van der Waals surface area contributed by atoms with Crippen molar-refractivity contribution in [3.05, 3.63) is 68.7 Å². The highest BCUT2D eigenvalue weighted by Gasteiger charge is 2.67. The molecular weight excluding hydrogens is 720 g/mol. The Bertz CT molecular complexity index is 2170. The van der Waals surface area contributed by atoms with Crippen LogP contribution in [0.2, 0.25) is 5.02 Å². The summed E-state index contributed by atoms with van der Waals surface area (Å²) < 4.78 is 8.69. The van der Waals surface area contributed by atoms with Crippen molar-refractivity contribution in [2.24, 2.45) is 36.1 Å². The molecule has 4 heterocycles. The number of hydrogen-bond acceptors (Lipinski definition) is 8. The molecule has 0 unspecified atom stereocenters. The maximum atomic E-state index is 14.9. The van der Waals surface area contributed by atoms with Crippen LogP contribution >= 0.6 is 38.9 Å². The molecule has 0 spiro atoms. The van der Waals surface area contributed by atoms with Gasteiger partial charge in [-0.3, -0.25) is 29.2 Å². The number of ether oxygens (including phenoxy) is 1. The van der Waals surface area contributed by atoms with Gasteiger partial charge in [-0.1, -0.05) is 39.2 Å². The van der Waals surface area contributed by atoms with Gasteiger partial charge in [-0.15, -0.1) is 11.3 Å². The SMILES string of the molecule is COc1cc(Br)cc([C@H]2C3=CC[C@@H]4C(=O)NC(=O)[C@@H]4[C@@H]3C[C@H]3C(=O)N(c4cc(-c5sc6ccc(Cl)cc6c5C)nn4C)C(=O)[C@@]23C)c1O. The number of carbonyl (C=O) groups excluding carboxylic acids is 4. The molecule has 246 valence electrons. The van der Waals surface area contributed by atoms with E-state index in [0.717, 1.165) is 26.1 Å². The molecule has 2 aromatic heterocycles. The third-order valence-electron chi connectivity index (χ3n) is 10.9. The smallest absolute Gasteiger partial charge is 0.242 e. The molecule has 3 fully saturated rings. The number of allylic oxidation sites excluding steroid dienone is 2. The number of aromatic nitrogens is 2. The van der Waals surface area contributed by atoms with E-state index in [-0.39, 0.29) is 29.7 Å². The quantitative estimate of drug-likeness (QED) is 0.186. The van der Waals surface area contributed by atoms with E-state index in [1.165, 1.54) is 12.0 Å². The number of thiophene rings is 1. The second-order valence-electron chi connectivity index (χ2n) is 13.3. The molecule has 0 bridgehead atoms. The number of aryl methyl sites for hydroxylation is 2. The van der Waals surface area contributed by atoms with Crippen LogP contribution in [-0.2, 0) is 26.2 Å². The van der Waals surface area contributed by atoms with Crippen molar-refractivity contribution in [3.63, 3.8) is 0 Å². The minimum atomic E-state index is -1.34. The third kappa shape index (κ3) is 4.18. The molecule has 0 radical (unpaired) electrons. The highest BCUT2D eigenvalue weighted by Crippen LogP contribution is 2.64. The molecule has 2 N–H and O–H groups in total. The number of benzene rings is 2. The van der Waals surface area contributed by atoms with Gasteiger partial charge in [-0.05, 0) is 73.9 Å². The molecule has 2 aromatic carbocycles. The second-order valence-corrected chi connectivity index (χ2v) is 15.7. The number of fused-ring (bicyclic) bond motifs is 5. The van der Waals surface area contributed by atoms with E-state index in [1.54, 1.807) is 48.2 Å². The van der Waals surface area contributed by atoms with Gasteiger partial charge in [0.1, 0.15) is 11.5 Å². The highest BCUT2D eigenvalue weighted by atomic mass is 79.9. The lowest BCUT2D eigenvalue weighted by molar-refractivity contribution is -0.131. The van der Waals surface area contributed by atoms with Gasteiger partial charge in [0.2, 0.25) is 23.6 Å². The van der Waals surface area contributed by atoms with E-state index in [2.05, 4.69) is 21.2 Å². The Morgan fingerprint density at radius 1 is 1.12 bits per heavy atom. The molecule has 6 atom stereocenters. The number of hydrogen-bond donors (Lipinski definition) is 2. The zero-order chi connectivity index (χ0) is 34.0. The van der Waals surface area contributed by atoms with Gasteiger partial charge in [0, 0.05) is 38.8 Å². The maximum absolute atomic E-state index is 14.9. The Hall–Kier alpha value is -4.00. The predicted octanol–water partition coefficient (Wildman–Crippen LogP) is 6.26. The number of phenols is 1. The molecule has 4 amide bonds. The van der Waals surface area contributed by atoms with Crippen molar-refractivity contribution in [3.8, 4) is 22.1 Å². The molecule has 2 saturated heterocycles. The number of nitrogens with one attached hydrogen (secondary N) is 1. The second kappa shape index (κ2) is 10.8. The number of halogens is 2. The Morgan fingerprint density at radius 3 is 2.65 bits per heavy atom. The lowest BCUT2D eigenvalue weighted by Gasteiger charge is -2.49. The summed E-state index contributed by atoms with van der Waals surface area (Å²) >= 11 is 11.4. The summed E-state index contributed by atoms with van der Waals surface area (Å²) in [5, 5.41) is 20.4. The van der Waals surface area contributed by atoms with Gasteiger partial charge in [-0.25, -0.2) is 4.90 Å². The van der Waals surface area contributed by atoms with E-state index >= 15 is 0 Å². The molecule has 4 aliphatic rings. The van der Waals surface area contributed by atoms with E-state index in [1.807, 2.05) is 31.2 Å². The van der Waals surface area contributed by atoms with Gasteiger partial charge in [-0.2, -0.15) is 5.10 Å². The number of methoxy groups -OCH3 is 1. The lowest BCUT2D eigenvalue weighted by atomic mass is 9.51. The van der Waals surface area contributed by atoms with Crippen LogP contribution in [0.15, 0.2) is 52.5 Å². The highest BCUT2D eigenvalue weighted by molar-refractivity contribution is 9.10. The largest absolute Gasteiger partial charge is 0.504 e. The molecule has 13 heteroatoms. The van der Waals surface area contributed by atoms with Crippen molar-refractivity contribution in [2.75, 3.05) is 12.0 Å². The topological polar surface area (TPSA) is 131 Å². The number of amides is 4. The molecule has 4 aromatic rings. The molecule has 2 aliphatic carbocycles. The first-order valence-corrected chi connectivity index (χ1v) is 17.6. The van der Waals surface area contributed by atoms with Crippen molar-refractivity contribution >= 4 is 78.4 Å². The average molecular weight is 750 g/mol. The van der Waals surface area contributed by atoms with Gasteiger partial charge in [0.15, 0.2) is 11.5 Å². The van der Waals surface area contributed by atoms with Crippen LogP contribution in [0, 0.1) is 36.0 Å². The van der Waals surface area contributed by atoms with E-state index in [0.29, 0.717) is 33.0 Å². The van der Waals surface area contributed by atoms with Crippen molar-refractivity contribution in [2.45, 2.75) is 32.6 Å². The number of nitrogens with zero attached hydrogens (tertiary/aromatic N) is 3. The summed E-state index contributed by atoms with van der Waals surface area (Å²) in [5.41, 5.74) is 1.44. The van der Waals surface area contributed by atoms with Crippen LogP contribution in [0.5, 0.6) is 11.5 Å². The van der Waals surface area contributed by atoms with Crippen LogP contribution in [0.3, 0.4) is 0 Å². The molecule has 10 nitrogen and oxygen atoms in total. The van der Waals surface area contributed by atoms with Gasteiger partial charge in [0.05, 0.1) is 35.2 Å². The zero-order valence-corrected chi connectivity index (χ0v) is 29.5. The predicted molar refractivity (Wildman–Crippen MR) is 184 cm³/mol. The summed E-state index contributed by atoms with van der Waals surface area (Å²) in [5.74, 6) is -4.52. The van der Waals surface area contributed by atoms with Gasteiger partial charge >= 0.3 is 0 Å². The monoisotopic (exact) mass is 748 g/mol. The first-order valence-electron chi connectivity index (χ1n) is 15.6. The standard InChI is InChI=1S/C35H30BrClN4O6S/c1-14-19-11-16(37)5-8-25(19)48-30(14)23-13-26(40(3)39-23)41-33(45)22-12-20-17(6-7-18-27(20)32(44)38-31(18)43)28(35(22,2)34(41)46)21-9-15(36)10-24(47-4)29(21)42/h5-6,8-11,13,18,20,22,27-28,42H,7,12H2,1-4H3,(H,38,43,44)/t18-,20+,22-,27-,28+,35+/m0/s1. The van der Waals surface area contributed by atoms with E-state index < -0.39 is 46.8 Å². The molecule has 2 aliphatic heterocycles. The Morgan fingerprint density at radius 2 is 1.90 bits per heavy atom. The van der Waals surface area contributed by atoms with Crippen LogP contribution in [0.1, 0.15) is 36.8 Å². The summed E-state index contributed by atoms with van der Waals surface area (Å²) in [6.07, 6.45) is 2.45. The Kier molecular flexibility index (Phi) is 7.01. The number of anilines is 1. The van der Waals surface area contributed by atoms with Crippen LogP contribution in [0.4, 0.5) is 5.82 Å². The summed E-state index contributed by atoms with van der Waals surface area (Å²) in [6, 6.07) is 10.8. The number of carbonyl (C=O) groups is 4. The normalized spacial score (nSPS) is 28.0. The van der Waals surface area contributed by atoms with Crippen molar-refractivity contribution in [1.29, 1.82) is 0 Å². The molecular formula is C35H30BrClN4O6S. The minimum absolute atomic E-state index is 0.150. The fourth-order valence-electron chi connectivity index (χ4n) is 8.67. The van der Waals surface area contributed by atoms with E-state index in [4.69, 9.17) is 21.4 Å². The molecule has 48 heavy (non-hydrogen) atoms. The molecule has 8 rings (SSSR count). The lowest BCUT2D eigenvalue weighted by Crippen LogP contribution is -2.48. The zero-order valence-electron chi connectivity index (χ0n) is 26.3. The van der Waals surface area contributed by atoms with Crippen LogP contribution in [0.25, 0.3) is 20.7 Å². The summed E-state index contributed by atoms with van der Waals surface area (Å²) in [4.78, 5) is 57.7. The number of rotatable bonds is 4. The fraction of sp³-hybridized carbons (Fsp3) is 0.343. The Balaban J connectivity index is 1.28. The first kappa shape index (κ1) is 31.3. The average Bonchev–Trinajstić information content (AvgIpc) is 3.73. The summed E-state index contributed by atoms with van der Waals surface area (Å²) in [7, 11) is 3.14. The van der Waals surface area contributed by atoms with Crippen LogP contribution < -0.4 is 15.0 Å². The first-order chi connectivity index (χ1) is 22.8. The minimum Gasteiger partial charge on any atom is -0.504 e. The van der Waals surface area contributed by atoms with Gasteiger partial charge in [0.25, 0.3) is 0 Å². The number of phenolic OH excluding ortho intramolecular Hbond substituents is 1. The summed E-state index contributed by atoms with van der Waals surface area (Å²) in [6.45, 7) is 3.77. The number of imide groups is 2. The van der Waals surface area contributed by atoms with Crippen molar-refractivity contribution in [1.82, 2.24) is 15.1 Å². The van der Waals surface area contributed by atoms with E-state index in [9.17, 15) is 24.3 Å². The fourth-order valence-corrected chi connectivity index (χ4v) is 10.4. The molecule has 1 saturated carbocycles. The third-order valence-corrected chi connectivity index (χ3v) is 12.9. The maximum Gasteiger partial charge on any atom is 0.242 e. The van der Waals surface area contributed by atoms with Crippen LogP contribution in [-0.4, -0.2) is 45.6 Å². The Labute approximate surface area is 292 Å². The van der Waals surface area contributed by atoms with Gasteiger partial charge < -0.3 is 9.84 Å². The number of aromatic hydroxyl groups is 1. The van der Waals surface area contributed by atoms with Crippen molar-refractivity contribution < 1.29 is 29.0 Å².